The largest absolute Gasteiger partial charge is 3.00 e. The monoisotopic (exact) mass is 577 g/mol. The summed E-state index contributed by atoms with van der Waals surface area (Å²) in [6, 6.07) is 0. The van der Waals surface area contributed by atoms with Gasteiger partial charge in [0.2, 0.25) is 5.95 Å². The number of phosphoric acid groups is 3. The molecule has 1 aliphatic rings. The predicted octanol–water partition coefficient (Wildman–Crippen LogP) is -3.60. The Labute approximate surface area is 192 Å². The second kappa shape index (κ2) is 9.91. The third kappa shape index (κ3) is 6.76. The van der Waals surface area contributed by atoms with Gasteiger partial charge in [-0.3, -0.25) is 18.9 Å². The number of ether oxygens (including phenoxy) is 1. The van der Waals surface area contributed by atoms with E-state index in [1.807, 2.05) is 0 Å². The van der Waals surface area contributed by atoms with Crippen LogP contribution in [0.3, 0.4) is 0 Å². The molecule has 0 amide bonds. The number of H-pyrrole nitrogens is 1. The first-order valence-electron chi connectivity index (χ1n) is 8.06. The van der Waals surface area contributed by atoms with E-state index < -0.39 is 60.2 Å². The van der Waals surface area contributed by atoms with Crippen LogP contribution in [-0.2, 0) is 48.6 Å². The number of aromatic nitrogens is 4. The molecule has 23 heteroatoms. The van der Waals surface area contributed by atoms with Crippen molar-refractivity contribution in [1.29, 1.82) is 0 Å². The Morgan fingerprint density at radius 1 is 1.15 bits per heavy atom. The fourth-order valence-corrected chi connectivity index (χ4v) is 5.70. The zero-order valence-corrected chi connectivity index (χ0v) is 19.4. The average molecular weight is 577 g/mol. The van der Waals surface area contributed by atoms with E-state index in [0.717, 1.165) is 10.9 Å². The van der Waals surface area contributed by atoms with Gasteiger partial charge in [0.1, 0.15) is 6.23 Å². The van der Waals surface area contributed by atoms with Crippen LogP contribution in [-0.4, -0.2) is 64.0 Å². The molecule has 185 valence electrons. The number of phosphoric ester groups is 1. The molecule has 1 aliphatic heterocycles. The summed E-state index contributed by atoms with van der Waals surface area (Å²) in [5, 5.41) is 24.6. The summed E-state index contributed by atoms with van der Waals surface area (Å²) in [6.45, 7) is -1.12. The summed E-state index contributed by atoms with van der Waals surface area (Å²) in [5.41, 5.74) is 4.32. The number of hydrogen-bond acceptors (Lipinski definition) is 13. The molecule has 2 unspecified atom stereocenters. The minimum absolute atomic E-state index is 0. The van der Waals surface area contributed by atoms with E-state index in [1.54, 1.807) is 0 Å². The van der Waals surface area contributed by atoms with E-state index in [0.29, 0.717) is 0 Å². The molecule has 33 heavy (non-hydrogen) atoms. The molecule has 1 radical (unpaired) electrons. The molecule has 0 saturated carbocycles. The summed E-state index contributed by atoms with van der Waals surface area (Å²) in [7, 11) is -16.9. The zero-order chi connectivity index (χ0) is 24.1. The van der Waals surface area contributed by atoms with Gasteiger partial charge < -0.3 is 40.3 Å². The maximum Gasteiger partial charge on any atom is 3.00 e. The first kappa shape index (κ1) is 28.2. The smallest absolute Gasteiger partial charge is 0.851 e. The minimum atomic E-state index is -5.76. The van der Waals surface area contributed by atoms with E-state index in [1.165, 1.54) is 0 Å². The van der Waals surface area contributed by atoms with Crippen LogP contribution < -0.4 is 21.5 Å². The second-order valence-corrected chi connectivity index (χ2v) is 10.6. The van der Waals surface area contributed by atoms with Crippen molar-refractivity contribution >= 4 is 40.6 Å². The molecule has 1 saturated heterocycles. The topological polar surface area (TPSA) is 305 Å². The van der Waals surface area contributed by atoms with Crippen molar-refractivity contribution in [2.45, 2.75) is 24.5 Å². The molecule has 3 rings (SSSR count). The van der Waals surface area contributed by atoms with Gasteiger partial charge in [-0.2, -0.15) is 13.6 Å². The van der Waals surface area contributed by atoms with Crippen molar-refractivity contribution in [3.05, 3.63) is 16.7 Å². The summed E-state index contributed by atoms with van der Waals surface area (Å²) in [4.78, 5) is 57.0. The first-order chi connectivity index (χ1) is 14.6. The Balaban J connectivity index is 0.00000385. The van der Waals surface area contributed by atoms with Crippen molar-refractivity contribution in [3.63, 3.8) is 0 Å². The number of nitrogen functional groups attached to an aromatic ring is 1. The van der Waals surface area contributed by atoms with Gasteiger partial charge in [-0.05, 0) is 0 Å². The summed E-state index contributed by atoms with van der Waals surface area (Å²) in [6.07, 6.45) is -6.47. The van der Waals surface area contributed by atoms with Crippen molar-refractivity contribution in [1.82, 2.24) is 19.5 Å². The number of imidazole rings is 1. The van der Waals surface area contributed by atoms with Crippen LogP contribution in [0.2, 0.25) is 0 Å². The normalized spacial score (nSPS) is 27.1. The molecule has 3 heterocycles. The van der Waals surface area contributed by atoms with Gasteiger partial charge in [0.25, 0.3) is 5.56 Å². The Hall–Kier alpha value is -1.04. The van der Waals surface area contributed by atoms with Gasteiger partial charge in [-0.25, -0.2) is 18.7 Å². The van der Waals surface area contributed by atoms with Crippen LogP contribution in [0, 0.1) is 0 Å². The van der Waals surface area contributed by atoms with E-state index in [9.17, 15) is 33.6 Å². The Morgan fingerprint density at radius 3 is 2.39 bits per heavy atom. The minimum Gasteiger partial charge on any atom is -0.851 e. The quantitative estimate of drug-likeness (QED) is 0.130. The molecular formula is C10H14FeN5O14P3+. The van der Waals surface area contributed by atoms with E-state index in [4.69, 9.17) is 25.2 Å². The van der Waals surface area contributed by atoms with Crippen LogP contribution in [0.5, 0.6) is 0 Å². The molecule has 2 aromatic rings. The third-order valence-corrected chi connectivity index (χ3v) is 7.63. The molecule has 0 aromatic carbocycles. The molecule has 19 nitrogen and oxygen atoms in total. The maximum atomic E-state index is 12.4. The third-order valence-electron chi connectivity index (χ3n) is 3.83. The van der Waals surface area contributed by atoms with Crippen molar-refractivity contribution in [2.24, 2.45) is 0 Å². The van der Waals surface area contributed by atoms with E-state index in [2.05, 4.69) is 28.1 Å². The van der Waals surface area contributed by atoms with E-state index in [-0.39, 0.29) is 34.2 Å². The number of fused-ring (bicyclic) bond motifs is 1. The number of rotatable bonds is 8. The van der Waals surface area contributed by atoms with Crippen molar-refractivity contribution in [3.8, 4) is 0 Å². The van der Waals surface area contributed by atoms with Crippen LogP contribution in [0.1, 0.15) is 6.23 Å². The van der Waals surface area contributed by atoms with Gasteiger partial charge in [0, 0.05) is 0 Å². The number of nitrogens with one attached hydrogen (secondary N) is 1. The predicted molar refractivity (Wildman–Crippen MR) is 93.9 cm³/mol. The summed E-state index contributed by atoms with van der Waals surface area (Å²) < 4.78 is 51.2. The van der Waals surface area contributed by atoms with E-state index >= 15 is 0 Å². The standard InChI is InChI=1S/C10H14N5O14P3.Fe/c11-10-13-7-4(8(18)14-10)12-2-15(7)9-6(17)5(16)3(27-9)1-26-31(22,23)29-32(24,25)28-30(19,20)21;/h2-3,5-6,9H,1H2,(H,22,23)(H,24,25)(H2,19,20,21)(H3,11,13,14,18);/q-2;+3/t3-,5-,6-,9-;/m1./s1. The van der Waals surface area contributed by atoms with Gasteiger partial charge in [-0.1, -0.05) is 6.10 Å². The van der Waals surface area contributed by atoms with Crippen LogP contribution >= 0.6 is 23.5 Å². The Kier molecular flexibility index (Phi) is 8.47. The maximum absolute atomic E-state index is 12.4. The Bertz CT molecular complexity index is 1210. The number of aromatic amines is 1. The van der Waals surface area contributed by atoms with Gasteiger partial charge in [0.15, 0.2) is 11.2 Å². The van der Waals surface area contributed by atoms with Gasteiger partial charge in [0.05, 0.1) is 19.0 Å². The summed E-state index contributed by atoms with van der Waals surface area (Å²) in [5.74, 6) is -0.312. The van der Waals surface area contributed by atoms with Gasteiger partial charge in [-0.15, -0.1) is 6.10 Å². The molecule has 1 fully saturated rings. The molecular weight excluding hydrogens is 563 g/mol. The fraction of sp³-hybridized carbons (Fsp3) is 0.500. The zero-order valence-electron chi connectivity index (χ0n) is 15.6. The fourth-order valence-electron chi connectivity index (χ4n) is 2.67. The molecule has 2 aromatic heterocycles. The number of hydrogen-bond donors (Lipinski definition) is 6. The van der Waals surface area contributed by atoms with Crippen molar-refractivity contribution in [2.75, 3.05) is 12.3 Å². The Morgan fingerprint density at radius 2 is 1.79 bits per heavy atom. The van der Waals surface area contributed by atoms with Gasteiger partial charge >= 0.3 is 40.5 Å². The second-order valence-electron chi connectivity index (χ2n) is 6.16. The number of anilines is 1. The molecule has 7 N–H and O–H groups in total. The molecule has 0 spiro atoms. The molecule has 0 bridgehead atoms. The van der Waals surface area contributed by atoms with Crippen LogP contribution in [0.15, 0.2) is 11.1 Å². The first-order valence-corrected chi connectivity index (χ1v) is 12.6. The number of nitrogens with zero attached hydrogens (tertiary/aromatic N) is 3. The molecule has 6 atom stereocenters. The van der Waals surface area contributed by atoms with Crippen molar-refractivity contribution < 1.29 is 78.4 Å². The summed E-state index contributed by atoms with van der Waals surface area (Å²) >= 11 is 0. The van der Waals surface area contributed by atoms with Crippen LogP contribution in [0.4, 0.5) is 5.95 Å². The number of nitrogens with two attached hydrogens (primary N) is 1. The van der Waals surface area contributed by atoms with Crippen LogP contribution in [0.25, 0.3) is 11.2 Å². The molecule has 0 aliphatic carbocycles. The average Bonchev–Trinajstić information content (AvgIpc) is 3.12. The SMILES string of the molecule is Nc1nc2c(ncn2[C@@H]2O[C@H](COP(=O)(O)OP(=O)(O)OP(=O)(O)O)[C@@H]([O-])[C@H]2[O-])c(=O)[nH]1.[Fe+3].